The summed E-state index contributed by atoms with van der Waals surface area (Å²) < 4.78 is 72.8. The predicted molar refractivity (Wildman–Crippen MR) is 103 cm³/mol. The van der Waals surface area contributed by atoms with E-state index in [4.69, 9.17) is 4.74 Å². The van der Waals surface area contributed by atoms with Gasteiger partial charge in [-0.1, -0.05) is 6.07 Å². The van der Waals surface area contributed by atoms with E-state index in [1.807, 2.05) is 4.90 Å². The first-order chi connectivity index (χ1) is 14.5. The number of nitrogens with zero attached hydrogens (tertiary/aromatic N) is 3. The number of ether oxygens (including phenoxy) is 1. The number of fused-ring (bicyclic) bond motifs is 1. The van der Waals surface area contributed by atoms with Crippen molar-refractivity contribution >= 4 is 16.8 Å². The molecule has 31 heavy (non-hydrogen) atoms. The lowest BCUT2D eigenvalue weighted by Crippen LogP contribution is -2.42. The second-order valence-electron chi connectivity index (χ2n) is 8.20. The van der Waals surface area contributed by atoms with E-state index in [-0.39, 0.29) is 35.9 Å². The highest BCUT2D eigenvalue weighted by Crippen LogP contribution is 2.37. The fraction of sp³-hybridized carbons (Fsp3) is 0.524. The average Bonchev–Trinajstić information content (AvgIpc) is 3.23. The Hall–Kier alpha value is -2.49. The van der Waals surface area contributed by atoms with Crippen molar-refractivity contribution in [3.05, 3.63) is 36.0 Å². The first-order valence-corrected chi connectivity index (χ1v) is 10.0. The van der Waals surface area contributed by atoms with E-state index in [9.17, 15) is 26.7 Å². The molecule has 4 rings (SSSR count). The molecule has 0 bridgehead atoms. The smallest absolute Gasteiger partial charge is 0.418 e. The molecule has 1 aromatic heterocycles. The Morgan fingerprint density at radius 3 is 2.74 bits per heavy atom. The van der Waals surface area contributed by atoms with Crippen LogP contribution in [0.3, 0.4) is 0 Å². The van der Waals surface area contributed by atoms with Gasteiger partial charge in [-0.2, -0.15) is 13.2 Å². The standard InChI is InChI=1S/C21H22F5N3O2/c1-13-9-20(22,23)12-29(13)18(30)11-28-8-6-14(10-28)31-17-5-7-27-19-15(17)3-2-4-16(19)21(24,25)26/h2-5,7,13-14H,6,8-12H2,1H3/t13-,14+/m1/s1. The largest absolute Gasteiger partial charge is 0.488 e. The average molecular weight is 443 g/mol. The monoisotopic (exact) mass is 443 g/mol. The summed E-state index contributed by atoms with van der Waals surface area (Å²) in [5.41, 5.74) is -1.01. The lowest BCUT2D eigenvalue weighted by Gasteiger charge is -2.24. The van der Waals surface area contributed by atoms with E-state index in [0.29, 0.717) is 25.3 Å². The molecule has 2 aliphatic heterocycles. The van der Waals surface area contributed by atoms with E-state index in [2.05, 4.69) is 4.98 Å². The summed E-state index contributed by atoms with van der Waals surface area (Å²) in [5.74, 6) is -2.92. The van der Waals surface area contributed by atoms with Crippen LogP contribution in [0.15, 0.2) is 30.5 Å². The molecule has 2 aliphatic rings. The number of pyridine rings is 1. The lowest BCUT2D eigenvalue weighted by molar-refractivity contribution is -0.136. The zero-order valence-corrected chi connectivity index (χ0v) is 16.8. The van der Waals surface area contributed by atoms with Gasteiger partial charge in [-0.25, -0.2) is 8.78 Å². The first-order valence-electron chi connectivity index (χ1n) is 10.0. The zero-order chi connectivity index (χ0) is 22.4. The van der Waals surface area contributed by atoms with Crippen LogP contribution in [-0.4, -0.2) is 64.9 Å². The van der Waals surface area contributed by atoms with Gasteiger partial charge < -0.3 is 9.64 Å². The molecule has 0 radical (unpaired) electrons. The molecule has 10 heteroatoms. The molecule has 0 aliphatic carbocycles. The molecule has 5 nitrogen and oxygen atoms in total. The van der Waals surface area contributed by atoms with Gasteiger partial charge in [0, 0.05) is 37.1 Å². The summed E-state index contributed by atoms with van der Waals surface area (Å²) >= 11 is 0. The second kappa shape index (κ2) is 7.89. The summed E-state index contributed by atoms with van der Waals surface area (Å²) in [7, 11) is 0. The minimum atomic E-state index is -4.53. The van der Waals surface area contributed by atoms with Crippen molar-refractivity contribution in [2.45, 2.75) is 44.0 Å². The highest BCUT2D eigenvalue weighted by Gasteiger charge is 2.45. The SMILES string of the molecule is C[C@@H]1CC(F)(F)CN1C(=O)CN1CC[C@H](Oc2ccnc3c(C(F)(F)F)cccc23)C1. The number of amides is 1. The Labute approximate surface area is 175 Å². The Kier molecular flexibility index (Phi) is 5.53. The minimum absolute atomic E-state index is 0.00952. The van der Waals surface area contributed by atoms with Crippen molar-refractivity contribution in [3.63, 3.8) is 0 Å². The molecule has 0 spiro atoms. The summed E-state index contributed by atoms with van der Waals surface area (Å²) in [6.45, 7) is 1.97. The summed E-state index contributed by atoms with van der Waals surface area (Å²) in [4.78, 5) is 19.4. The van der Waals surface area contributed by atoms with Gasteiger partial charge in [0.2, 0.25) is 5.91 Å². The molecule has 168 valence electrons. The van der Waals surface area contributed by atoms with Gasteiger partial charge in [0.15, 0.2) is 0 Å². The molecular formula is C21H22F5N3O2. The lowest BCUT2D eigenvalue weighted by atomic mass is 10.1. The molecule has 2 saturated heterocycles. The molecule has 1 aromatic carbocycles. The van der Waals surface area contributed by atoms with Crippen LogP contribution in [0, 0.1) is 0 Å². The molecule has 0 unspecified atom stereocenters. The summed E-state index contributed by atoms with van der Waals surface area (Å²) in [6.07, 6.45) is -3.34. The number of carbonyl (C=O) groups excluding carboxylic acids is 1. The second-order valence-corrected chi connectivity index (χ2v) is 8.20. The Morgan fingerprint density at radius 1 is 1.29 bits per heavy atom. The van der Waals surface area contributed by atoms with Crippen LogP contribution in [0.2, 0.25) is 0 Å². The van der Waals surface area contributed by atoms with Gasteiger partial charge >= 0.3 is 6.18 Å². The van der Waals surface area contributed by atoms with E-state index in [1.165, 1.54) is 29.3 Å². The van der Waals surface area contributed by atoms with Crippen molar-refractivity contribution in [1.82, 2.24) is 14.8 Å². The van der Waals surface area contributed by atoms with Crippen molar-refractivity contribution in [2.75, 3.05) is 26.2 Å². The van der Waals surface area contributed by atoms with Crippen LogP contribution >= 0.6 is 0 Å². The van der Waals surface area contributed by atoms with Crippen molar-refractivity contribution < 1.29 is 31.5 Å². The zero-order valence-electron chi connectivity index (χ0n) is 16.8. The number of halogens is 5. The maximum Gasteiger partial charge on any atom is 0.418 e. The maximum absolute atomic E-state index is 13.5. The first kappa shape index (κ1) is 21.7. The van der Waals surface area contributed by atoms with Crippen LogP contribution in [0.1, 0.15) is 25.3 Å². The third-order valence-corrected chi connectivity index (χ3v) is 5.77. The predicted octanol–water partition coefficient (Wildman–Crippen LogP) is 3.96. The number of alkyl halides is 5. The number of aromatic nitrogens is 1. The Balaban J connectivity index is 1.42. The topological polar surface area (TPSA) is 45.7 Å². The number of hydrogen-bond acceptors (Lipinski definition) is 4. The van der Waals surface area contributed by atoms with E-state index in [0.717, 1.165) is 6.07 Å². The van der Waals surface area contributed by atoms with Gasteiger partial charge in [-0.3, -0.25) is 14.7 Å². The molecule has 1 amide bonds. The molecule has 2 aromatic rings. The minimum Gasteiger partial charge on any atom is -0.488 e. The van der Waals surface area contributed by atoms with Crippen LogP contribution < -0.4 is 4.74 Å². The fourth-order valence-electron chi connectivity index (χ4n) is 4.33. The molecule has 0 saturated carbocycles. The van der Waals surface area contributed by atoms with Crippen LogP contribution in [0.25, 0.3) is 10.9 Å². The van der Waals surface area contributed by atoms with Crippen molar-refractivity contribution in [2.24, 2.45) is 0 Å². The number of benzene rings is 1. The quantitative estimate of drug-likeness (QED) is 0.672. The van der Waals surface area contributed by atoms with Gasteiger partial charge in [-0.05, 0) is 31.5 Å². The number of likely N-dealkylation sites (tertiary alicyclic amines) is 2. The molecular weight excluding hydrogens is 421 g/mol. The summed E-state index contributed by atoms with van der Waals surface area (Å²) in [6, 6.07) is 4.82. The maximum atomic E-state index is 13.5. The molecule has 0 N–H and O–H groups in total. The fourth-order valence-corrected chi connectivity index (χ4v) is 4.33. The highest BCUT2D eigenvalue weighted by molar-refractivity contribution is 5.87. The van der Waals surface area contributed by atoms with Gasteiger partial charge in [0.25, 0.3) is 5.92 Å². The third-order valence-electron chi connectivity index (χ3n) is 5.77. The Morgan fingerprint density at radius 2 is 2.06 bits per heavy atom. The normalized spacial score (nSPS) is 24.1. The van der Waals surface area contributed by atoms with Gasteiger partial charge in [0.05, 0.1) is 24.2 Å². The molecule has 2 atom stereocenters. The molecule has 3 heterocycles. The van der Waals surface area contributed by atoms with Crippen molar-refractivity contribution in [1.29, 1.82) is 0 Å². The van der Waals surface area contributed by atoms with Gasteiger partial charge in [0.1, 0.15) is 11.9 Å². The number of hydrogen-bond donors (Lipinski definition) is 0. The van der Waals surface area contributed by atoms with E-state index >= 15 is 0 Å². The van der Waals surface area contributed by atoms with Crippen LogP contribution in [0.5, 0.6) is 5.75 Å². The molecule has 2 fully saturated rings. The summed E-state index contributed by atoms with van der Waals surface area (Å²) in [5, 5.41) is 0.264. The van der Waals surface area contributed by atoms with E-state index in [1.54, 1.807) is 6.92 Å². The number of carbonyl (C=O) groups is 1. The third kappa shape index (κ3) is 4.58. The highest BCUT2D eigenvalue weighted by atomic mass is 19.4. The van der Waals surface area contributed by atoms with Crippen molar-refractivity contribution in [3.8, 4) is 5.75 Å². The number of rotatable bonds is 4. The van der Waals surface area contributed by atoms with E-state index < -0.39 is 30.2 Å². The van der Waals surface area contributed by atoms with Crippen LogP contribution in [0.4, 0.5) is 22.0 Å². The van der Waals surface area contributed by atoms with Gasteiger partial charge in [-0.15, -0.1) is 0 Å². The van der Waals surface area contributed by atoms with Crippen LogP contribution in [-0.2, 0) is 11.0 Å². The Bertz CT molecular complexity index is 981. The number of para-hydroxylation sites is 1.